The quantitative estimate of drug-likeness (QED) is 0.584. The highest BCUT2D eigenvalue weighted by Gasteiger charge is 2.05. The van der Waals surface area contributed by atoms with Crippen LogP contribution < -0.4 is 20.1 Å². The summed E-state index contributed by atoms with van der Waals surface area (Å²) in [6, 6.07) is 15.2. The van der Waals surface area contributed by atoms with Gasteiger partial charge in [0.1, 0.15) is 11.5 Å². The molecule has 2 aromatic rings. The van der Waals surface area contributed by atoms with Crippen molar-refractivity contribution in [3.63, 3.8) is 0 Å². The fraction of sp³-hybridized carbons (Fsp3) is 0.364. The first-order valence-electron chi connectivity index (χ1n) is 9.40. The van der Waals surface area contributed by atoms with Crippen LogP contribution in [0.2, 0.25) is 0 Å². The fourth-order valence-electron chi connectivity index (χ4n) is 2.64. The van der Waals surface area contributed by atoms with E-state index in [-0.39, 0.29) is 11.8 Å². The Kier molecular flexibility index (Phi) is 8.85. The third-order valence-electron chi connectivity index (χ3n) is 4.36. The Morgan fingerprint density at radius 1 is 0.679 bits per heavy atom. The molecule has 0 saturated carbocycles. The Hall–Kier alpha value is -3.02. The minimum atomic E-state index is -0.00513. The summed E-state index contributed by atoms with van der Waals surface area (Å²) in [6.45, 7) is 0.982. The molecule has 0 heterocycles. The van der Waals surface area contributed by atoms with Gasteiger partial charge in [-0.05, 0) is 48.2 Å². The largest absolute Gasteiger partial charge is 0.497 e. The summed E-state index contributed by atoms with van der Waals surface area (Å²) in [6.07, 6.45) is 2.21. The van der Waals surface area contributed by atoms with Gasteiger partial charge in [-0.2, -0.15) is 0 Å². The molecule has 2 N–H and O–H groups in total. The lowest BCUT2D eigenvalue weighted by Gasteiger charge is -2.07. The van der Waals surface area contributed by atoms with Crippen molar-refractivity contribution in [2.24, 2.45) is 0 Å². The maximum absolute atomic E-state index is 11.9. The topological polar surface area (TPSA) is 76.7 Å². The average molecular weight is 384 g/mol. The summed E-state index contributed by atoms with van der Waals surface area (Å²) < 4.78 is 10.2. The molecule has 0 aliphatic carbocycles. The van der Waals surface area contributed by atoms with Crippen LogP contribution in [0.1, 0.15) is 36.8 Å². The average Bonchev–Trinajstić information content (AvgIpc) is 2.74. The van der Waals surface area contributed by atoms with E-state index >= 15 is 0 Å². The van der Waals surface area contributed by atoms with Gasteiger partial charge in [-0.15, -0.1) is 0 Å². The highest BCUT2D eigenvalue weighted by atomic mass is 16.5. The predicted octanol–water partition coefficient (Wildman–Crippen LogP) is 3.20. The molecule has 150 valence electrons. The number of hydrogen-bond acceptors (Lipinski definition) is 4. The van der Waals surface area contributed by atoms with E-state index in [0.29, 0.717) is 38.8 Å². The Balaban J connectivity index is 1.55. The van der Waals surface area contributed by atoms with Crippen LogP contribution in [0.25, 0.3) is 0 Å². The highest BCUT2D eigenvalue weighted by Crippen LogP contribution is 2.12. The van der Waals surface area contributed by atoms with Crippen LogP contribution in [-0.2, 0) is 22.7 Å². The number of ether oxygens (including phenoxy) is 2. The summed E-state index contributed by atoms with van der Waals surface area (Å²) in [5.74, 6) is 1.57. The van der Waals surface area contributed by atoms with E-state index in [1.54, 1.807) is 14.2 Å². The number of methoxy groups -OCH3 is 2. The lowest BCUT2D eigenvalue weighted by Crippen LogP contribution is -2.23. The van der Waals surface area contributed by atoms with Crippen LogP contribution in [0.4, 0.5) is 0 Å². The van der Waals surface area contributed by atoms with Gasteiger partial charge < -0.3 is 20.1 Å². The second-order valence-electron chi connectivity index (χ2n) is 6.46. The third kappa shape index (κ3) is 7.70. The molecule has 0 fully saturated rings. The Morgan fingerprint density at radius 3 is 1.36 bits per heavy atom. The van der Waals surface area contributed by atoms with E-state index in [4.69, 9.17) is 9.47 Å². The second-order valence-corrected chi connectivity index (χ2v) is 6.46. The van der Waals surface area contributed by atoms with Gasteiger partial charge in [-0.1, -0.05) is 24.3 Å². The molecule has 0 radical (unpaired) electrons. The number of amides is 2. The number of hydrogen-bond donors (Lipinski definition) is 2. The van der Waals surface area contributed by atoms with Gasteiger partial charge in [0.15, 0.2) is 0 Å². The molecule has 6 nitrogen and oxygen atoms in total. The molecule has 0 atom stereocenters. The molecule has 2 aromatic carbocycles. The monoisotopic (exact) mass is 384 g/mol. The zero-order valence-corrected chi connectivity index (χ0v) is 16.5. The van der Waals surface area contributed by atoms with Crippen LogP contribution in [0.5, 0.6) is 11.5 Å². The molecule has 0 aromatic heterocycles. The van der Waals surface area contributed by atoms with Crippen LogP contribution >= 0.6 is 0 Å². The molecule has 2 rings (SSSR count). The first-order valence-corrected chi connectivity index (χ1v) is 9.40. The van der Waals surface area contributed by atoms with Crippen LogP contribution in [0, 0.1) is 0 Å². The van der Waals surface area contributed by atoms with Gasteiger partial charge in [0.05, 0.1) is 14.2 Å². The van der Waals surface area contributed by atoms with Gasteiger partial charge >= 0.3 is 0 Å². The van der Waals surface area contributed by atoms with Crippen molar-refractivity contribution in [2.45, 2.75) is 38.8 Å². The molecule has 0 aliphatic heterocycles. The molecule has 0 aliphatic rings. The van der Waals surface area contributed by atoms with Gasteiger partial charge in [-0.25, -0.2) is 0 Å². The molecular formula is C22H28N2O4. The maximum atomic E-state index is 11.9. The highest BCUT2D eigenvalue weighted by molar-refractivity contribution is 5.77. The normalized spacial score (nSPS) is 10.2. The molecule has 0 unspecified atom stereocenters. The van der Waals surface area contributed by atoms with E-state index in [2.05, 4.69) is 10.6 Å². The Bertz CT molecular complexity index is 677. The summed E-state index contributed by atoms with van der Waals surface area (Å²) in [5.41, 5.74) is 2.04. The van der Waals surface area contributed by atoms with Gasteiger partial charge in [-0.3, -0.25) is 9.59 Å². The van der Waals surface area contributed by atoms with E-state index in [1.165, 1.54) is 0 Å². The summed E-state index contributed by atoms with van der Waals surface area (Å²) in [7, 11) is 3.24. The van der Waals surface area contributed by atoms with Crippen molar-refractivity contribution in [1.29, 1.82) is 0 Å². The number of unbranched alkanes of at least 4 members (excludes halogenated alkanes) is 1. The van der Waals surface area contributed by atoms with Gasteiger partial charge in [0.2, 0.25) is 11.8 Å². The first-order chi connectivity index (χ1) is 13.6. The summed E-state index contributed by atoms with van der Waals surface area (Å²) in [5, 5.41) is 5.78. The van der Waals surface area contributed by atoms with E-state index in [1.807, 2.05) is 48.5 Å². The van der Waals surface area contributed by atoms with E-state index in [9.17, 15) is 9.59 Å². The second kappa shape index (κ2) is 11.6. The zero-order chi connectivity index (χ0) is 20.2. The molecule has 2 amide bonds. The minimum Gasteiger partial charge on any atom is -0.497 e. The Labute approximate surface area is 166 Å². The van der Waals surface area contributed by atoms with E-state index in [0.717, 1.165) is 22.6 Å². The van der Waals surface area contributed by atoms with Crippen LogP contribution in [0.3, 0.4) is 0 Å². The number of carbonyl (C=O) groups is 2. The molecule has 28 heavy (non-hydrogen) atoms. The maximum Gasteiger partial charge on any atom is 0.220 e. The zero-order valence-electron chi connectivity index (χ0n) is 16.5. The van der Waals surface area contributed by atoms with Crippen LogP contribution in [0.15, 0.2) is 48.5 Å². The molecule has 6 heteroatoms. The van der Waals surface area contributed by atoms with Gasteiger partial charge in [0, 0.05) is 25.9 Å². The third-order valence-corrected chi connectivity index (χ3v) is 4.36. The van der Waals surface area contributed by atoms with Crippen molar-refractivity contribution in [3.05, 3.63) is 59.7 Å². The minimum absolute atomic E-state index is 0.00513. The molecular weight excluding hydrogens is 356 g/mol. The summed E-state index contributed by atoms with van der Waals surface area (Å²) >= 11 is 0. The van der Waals surface area contributed by atoms with Crippen molar-refractivity contribution < 1.29 is 19.1 Å². The Morgan fingerprint density at radius 2 is 1.04 bits per heavy atom. The van der Waals surface area contributed by atoms with E-state index < -0.39 is 0 Å². The molecule has 0 saturated heterocycles. The molecule has 0 spiro atoms. The molecule has 0 bridgehead atoms. The first kappa shape index (κ1) is 21.3. The van der Waals surface area contributed by atoms with Crippen LogP contribution in [-0.4, -0.2) is 26.0 Å². The number of benzene rings is 2. The number of rotatable bonds is 11. The lowest BCUT2D eigenvalue weighted by molar-refractivity contribution is -0.123. The SMILES string of the molecule is COc1ccc(CNC(=O)CCCCC(=O)NCc2ccc(OC)cc2)cc1. The number of nitrogens with one attached hydrogen (secondary N) is 2. The van der Waals surface area contributed by atoms with Crippen molar-refractivity contribution in [1.82, 2.24) is 10.6 Å². The fourth-order valence-corrected chi connectivity index (χ4v) is 2.64. The smallest absolute Gasteiger partial charge is 0.220 e. The standard InChI is InChI=1S/C22H28N2O4/c1-27-19-11-7-17(8-12-19)15-23-21(25)5-3-4-6-22(26)24-16-18-9-13-20(28-2)14-10-18/h7-14H,3-6,15-16H2,1-2H3,(H,23,25)(H,24,26). The van der Waals surface area contributed by atoms with Crippen molar-refractivity contribution in [3.8, 4) is 11.5 Å². The lowest BCUT2D eigenvalue weighted by atomic mass is 10.1. The summed E-state index contributed by atoms with van der Waals surface area (Å²) in [4.78, 5) is 23.8. The van der Waals surface area contributed by atoms with Crippen molar-refractivity contribution >= 4 is 11.8 Å². The number of carbonyl (C=O) groups excluding carboxylic acids is 2. The van der Waals surface area contributed by atoms with Crippen molar-refractivity contribution in [2.75, 3.05) is 14.2 Å². The van der Waals surface area contributed by atoms with Gasteiger partial charge in [0.25, 0.3) is 0 Å². The predicted molar refractivity (Wildman–Crippen MR) is 108 cm³/mol.